The molecule has 0 fully saturated rings. The van der Waals surface area contributed by atoms with Crippen LogP contribution < -0.4 is 20.7 Å². The summed E-state index contributed by atoms with van der Waals surface area (Å²) in [6.07, 6.45) is 1.37. The van der Waals surface area contributed by atoms with Gasteiger partial charge in [0.2, 0.25) is 5.91 Å². The Hall–Kier alpha value is -3.71. The topological polar surface area (TPSA) is 79.5 Å². The molecule has 0 aromatic heterocycles. The third-order valence-electron chi connectivity index (χ3n) is 6.42. The summed E-state index contributed by atoms with van der Waals surface area (Å²) in [6.45, 7) is 10.3. The van der Waals surface area contributed by atoms with Gasteiger partial charge in [-0.05, 0) is 86.8 Å². The van der Waals surface area contributed by atoms with Crippen molar-refractivity contribution in [1.29, 1.82) is 0 Å². The van der Waals surface area contributed by atoms with Crippen LogP contribution in [0, 0.1) is 19.3 Å². The van der Waals surface area contributed by atoms with E-state index in [0.29, 0.717) is 24.3 Å². The van der Waals surface area contributed by atoms with Gasteiger partial charge in [0, 0.05) is 16.7 Å². The molecule has 0 saturated carbocycles. The van der Waals surface area contributed by atoms with E-state index in [1.807, 2.05) is 77.1 Å². The summed E-state index contributed by atoms with van der Waals surface area (Å²) in [5, 5.41) is 9.00. The second-order valence-electron chi connectivity index (χ2n) is 10.2. The monoisotopic (exact) mass is 531 g/mol. The molecular formula is C31H37N3O3S. The number of ether oxygens (including phenoxy) is 1. The number of rotatable bonds is 10. The fourth-order valence-corrected chi connectivity index (χ4v) is 4.16. The highest BCUT2D eigenvalue weighted by Crippen LogP contribution is 2.24. The second kappa shape index (κ2) is 13.2. The maximum absolute atomic E-state index is 12.9. The number of nitrogens with one attached hydrogen (secondary N) is 3. The predicted octanol–water partition coefficient (Wildman–Crippen LogP) is 6.49. The SMILES string of the molecule is Cc1ccc(C)c(OCCCC(C)(C)C(=O)NC(=S)Nc2cccc(C(=O)NC(C)c3ccccc3)c2)c1. The molecule has 0 saturated heterocycles. The third kappa shape index (κ3) is 8.42. The first-order valence-corrected chi connectivity index (χ1v) is 13.2. The average Bonchev–Trinajstić information content (AvgIpc) is 2.89. The smallest absolute Gasteiger partial charge is 0.251 e. The van der Waals surface area contributed by atoms with Gasteiger partial charge in [-0.25, -0.2) is 0 Å². The van der Waals surface area contributed by atoms with Crippen molar-refractivity contribution in [3.8, 4) is 5.75 Å². The maximum Gasteiger partial charge on any atom is 0.251 e. The average molecular weight is 532 g/mol. The molecule has 0 aliphatic heterocycles. The van der Waals surface area contributed by atoms with Crippen LogP contribution in [0.1, 0.15) is 66.7 Å². The zero-order valence-corrected chi connectivity index (χ0v) is 23.6. The van der Waals surface area contributed by atoms with Crippen LogP contribution in [0.3, 0.4) is 0 Å². The highest BCUT2D eigenvalue weighted by molar-refractivity contribution is 7.80. The molecular weight excluding hydrogens is 494 g/mol. The van der Waals surface area contributed by atoms with Crippen molar-refractivity contribution in [2.75, 3.05) is 11.9 Å². The minimum Gasteiger partial charge on any atom is -0.493 e. The van der Waals surface area contributed by atoms with Crippen molar-refractivity contribution in [3.63, 3.8) is 0 Å². The molecule has 3 aromatic rings. The molecule has 7 heteroatoms. The highest BCUT2D eigenvalue weighted by Gasteiger charge is 2.28. The molecule has 0 radical (unpaired) electrons. The van der Waals surface area contributed by atoms with E-state index in [1.54, 1.807) is 24.3 Å². The summed E-state index contributed by atoms with van der Waals surface area (Å²) < 4.78 is 5.93. The number of thiocarbonyl (C=S) groups is 1. The summed E-state index contributed by atoms with van der Waals surface area (Å²) in [5.41, 5.74) is 3.76. The highest BCUT2D eigenvalue weighted by atomic mass is 32.1. The molecule has 0 bridgehead atoms. The normalized spacial score (nSPS) is 11.8. The summed E-state index contributed by atoms with van der Waals surface area (Å²) in [7, 11) is 0. The van der Waals surface area contributed by atoms with Gasteiger partial charge in [0.1, 0.15) is 5.75 Å². The molecule has 3 rings (SSSR count). The van der Waals surface area contributed by atoms with E-state index in [4.69, 9.17) is 17.0 Å². The summed E-state index contributed by atoms with van der Waals surface area (Å²) in [5.74, 6) is 0.513. The van der Waals surface area contributed by atoms with E-state index in [0.717, 1.165) is 28.9 Å². The maximum atomic E-state index is 12.9. The molecule has 1 unspecified atom stereocenters. The van der Waals surface area contributed by atoms with E-state index in [1.165, 1.54) is 0 Å². The van der Waals surface area contributed by atoms with Crippen LogP contribution in [0.25, 0.3) is 0 Å². The number of carbonyl (C=O) groups excluding carboxylic acids is 2. The minimum absolute atomic E-state index is 0.130. The Morgan fingerprint density at radius 2 is 1.71 bits per heavy atom. The summed E-state index contributed by atoms with van der Waals surface area (Å²) >= 11 is 5.38. The van der Waals surface area contributed by atoms with Crippen LogP contribution in [-0.2, 0) is 4.79 Å². The lowest BCUT2D eigenvalue weighted by Gasteiger charge is -2.24. The Bertz CT molecular complexity index is 1270. The first-order chi connectivity index (χ1) is 18.0. The fourth-order valence-electron chi connectivity index (χ4n) is 3.95. The molecule has 0 aliphatic carbocycles. The van der Waals surface area contributed by atoms with E-state index < -0.39 is 5.41 Å². The van der Waals surface area contributed by atoms with Crippen molar-refractivity contribution in [3.05, 3.63) is 95.1 Å². The molecule has 0 spiro atoms. The minimum atomic E-state index is -0.633. The van der Waals surface area contributed by atoms with Crippen LogP contribution in [0.15, 0.2) is 72.8 Å². The molecule has 6 nitrogen and oxygen atoms in total. The third-order valence-corrected chi connectivity index (χ3v) is 6.62. The lowest BCUT2D eigenvalue weighted by atomic mass is 9.87. The van der Waals surface area contributed by atoms with E-state index >= 15 is 0 Å². The van der Waals surface area contributed by atoms with Gasteiger partial charge < -0.3 is 20.7 Å². The standard InChI is InChI=1S/C31H37N3O3S/c1-21-15-16-22(2)27(19-21)37-18-10-17-31(4,5)29(36)34-30(38)33-26-14-9-13-25(20-26)28(35)32-23(3)24-11-7-6-8-12-24/h6-9,11-16,19-20,23H,10,17-18H2,1-5H3,(H,32,35)(H2,33,34,36,38). The lowest BCUT2D eigenvalue weighted by Crippen LogP contribution is -2.42. The van der Waals surface area contributed by atoms with Crippen LogP contribution in [0.4, 0.5) is 5.69 Å². The molecule has 3 N–H and O–H groups in total. The van der Waals surface area contributed by atoms with Crippen LogP contribution in [-0.4, -0.2) is 23.5 Å². The van der Waals surface area contributed by atoms with Crippen molar-refractivity contribution in [2.45, 2.75) is 53.5 Å². The number of carbonyl (C=O) groups is 2. The van der Waals surface area contributed by atoms with E-state index in [2.05, 4.69) is 22.0 Å². The summed E-state index contributed by atoms with van der Waals surface area (Å²) in [4.78, 5) is 25.7. The number of hydrogen-bond acceptors (Lipinski definition) is 4. The van der Waals surface area contributed by atoms with Gasteiger partial charge >= 0.3 is 0 Å². The Kier molecular flexibility index (Phi) is 10.0. The predicted molar refractivity (Wildman–Crippen MR) is 158 cm³/mol. The first kappa shape index (κ1) is 28.9. The molecule has 1 atom stereocenters. The quantitative estimate of drug-likeness (QED) is 0.206. The van der Waals surface area contributed by atoms with Crippen molar-refractivity contribution >= 4 is 34.8 Å². The van der Waals surface area contributed by atoms with Gasteiger partial charge in [-0.3, -0.25) is 9.59 Å². The zero-order chi connectivity index (χ0) is 27.7. The first-order valence-electron chi connectivity index (χ1n) is 12.8. The molecule has 3 aromatic carbocycles. The molecule has 38 heavy (non-hydrogen) atoms. The number of aryl methyl sites for hydroxylation is 2. The lowest BCUT2D eigenvalue weighted by molar-refractivity contribution is -0.128. The van der Waals surface area contributed by atoms with Crippen molar-refractivity contribution in [1.82, 2.24) is 10.6 Å². The van der Waals surface area contributed by atoms with Crippen LogP contribution in [0.2, 0.25) is 0 Å². The second-order valence-corrected chi connectivity index (χ2v) is 10.6. The van der Waals surface area contributed by atoms with Crippen LogP contribution in [0.5, 0.6) is 5.75 Å². The zero-order valence-electron chi connectivity index (χ0n) is 22.8. The molecule has 0 heterocycles. The van der Waals surface area contributed by atoms with Gasteiger partial charge in [-0.1, -0.05) is 62.4 Å². The molecule has 200 valence electrons. The number of benzene rings is 3. The van der Waals surface area contributed by atoms with Gasteiger partial charge in [-0.2, -0.15) is 0 Å². The summed E-state index contributed by atoms with van der Waals surface area (Å²) in [6, 6.07) is 22.8. The van der Waals surface area contributed by atoms with Gasteiger partial charge in [0.15, 0.2) is 5.11 Å². The number of anilines is 1. The fraction of sp³-hybridized carbons (Fsp3) is 0.323. The molecule has 2 amide bonds. The van der Waals surface area contributed by atoms with Gasteiger partial charge in [-0.15, -0.1) is 0 Å². The Labute approximate surface area is 231 Å². The van der Waals surface area contributed by atoms with Crippen LogP contribution >= 0.6 is 12.2 Å². The number of amides is 2. The van der Waals surface area contributed by atoms with Crippen molar-refractivity contribution < 1.29 is 14.3 Å². The number of hydrogen-bond donors (Lipinski definition) is 3. The Morgan fingerprint density at radius 1 is 0.974 bits per heavy atom. The van der Waals surface area contributed by atoms with Crippen molar-refractivity contribution in [2.24, 2.45) is 5.41 Å². The van der Waals surface area contributed by atoms with E-state index in [-0.39, 0.29) is 23.0 Å². The Balaban J connectivity index is 1.48. The largest absolute Gasteiger partial charge is 0.493 e. The van der Waals surface area contributed by atoms with Gasteiger partial charge in [0.05, 0.1) is 12.6 Å². The van der Waals surface area contributed by atoms with Gasteiger partial charge in [0.25, 0.3) is 5.91 Å². The van der Waals surface area contributed by atoms with E-state index in [9.17, 15) is 9.59 Å². The Morgan fingerprint density at radius 3 is 2.45 bits per heavy atom. The molecule has 0 aliphatic rings.